The highest BCUT2D eigenvalue weighted by molar-refractivity contribution is 7.89. The van der Waals surface area contributed by atoms with Crippen molar-refractivity contribution in [3.8, 4) is 0 Å². The Kier molecular flexibility index (Phi) is 6.04. The smallest absolute Gasteiger partial charge is 0.321 e. The van der Waals surface area contributed by atoms with Crippen LogP contribution in [0.15, 0.2) is 53.4 Å². The van der Waals surface area contributed by atoms with Gasteiger partial charge in [-0.2, -0.15) is 4.31 Å². The van der Waals surface area contributed by atoms with Crippen LogP contribution in [0.25, 0.3) is 0 Å². The van der Waals surface area contributed by atoms with Gasteiger partial charge in [0.1, 0.15) is 6.54 Å². The lowest BCUT2D eigenvalue weighted by Gasteiger charge is -2.23. The Bertz CT molecular complexity index is 1020. The number of para-hydroxylation sites is 1. The molecule has 8 heteroatoms. The van der Waals surface area contributed by atoms with Gasteiger partial charge in [0.05, 0.1) is 4.90 Å². The van der Waals surface area contributed by atoms with Crippen molar-refractivity contribution in [1.82, 2.24) is 4.31 Å². The Morgan fingerprint density at radius 1 is 1.14 bits per heavy atom. The summed E-state index contributed by atoms with van der Waals surface area (Å²) in [6.45, 7) is 2.88. The highest BCUT2D eigenvalue weighted by atomic mass is 32.2. The number of sulfonamides is 1. The van der Waals surface area contributed by atoms with Gasteiger partial charge in [0, 0.05) is 18.8 Å². The van der Waals surface area contributed by atoms with E-state index >= 15 is 0 Å². The maximum atomic E-state index is 12.6. The molecule has 1 atom stereocenters. The number of ether oxygens (including phenoxy) is 1. The van der Waals surface area contributed by atoms with Gasteiger partial charge in [0.2, 0.25) is 10.0 Å². The maximum absolute atomic E-state index is 12.6. The van der Waals surface area contributed by atoms with E-state index in [2.05, 4.69) is 0 Å². The Balaban J connectivity index is 1.58. The van der Waals surface area contributed by atoms with Gasteiger partial charge in [-0.15, -0.1) is 0 Å². The first-order chi connectivity index (χ1) is 13.7. The minimum absolute atomic E-state index is 0.0248. The van der Waals surface area contributed by atoms with Crippen molar-refractivity contribution >= 4 is 27.6 Å². The van der Waals surface area contributed by atoms with E-state index in [0.29, 0.717) is 0 Å². The van der Waals surface area contributed by atoms with Gasteiger partial charge in [-0.3, -0.25) is 9.59 Å². The van der Waals surface area contributed by atoms with Crippen LogP contribution in [0.4, 0.5) is 5.69 Å². The van der Waals surface area contributed by atoms with Crippen molar-refractivity contribution in [2.75, 3.05) is 25.1 Å². The highest BCUT2D eigenvalue weighted by Gasteiger charge is 2.31. The predicted molar refractivity (Wildman–Crippen MR) is 109 cm³/mol. The third-order valence-corrected chi connectivity index (χ3v) is 6.73. The lowest BCUT2D eigenvalue weighted by molar-refractivity contribution is -0.147. The standard InChI is InChI=1S/C21H24N2O5S/c1-15-8-10-18(11-9-15)29(26,27)22(3)13-21(25)28-14-20(24)23-16(2)12-17-6-4-5-7-19(17)23/h4-11,16H,12-14H2,1-3H3/t16-/m0/s1. The van der Waals surface area contributed by atoms with Gasteiger partial charge in [-0.1, -0.05) is 35.9 Å². The number of benzene rings is 2. The molecule has 1 heterocycles. The molecular weight excluding hydrogens is 392 g/mol. The normalized spacial score (nSPS) is 16.0. The van der Waals surface area contributed by atoms with Crippen LogP contribution in [-0.4, -0.2) is 50.8 Å². The molecule has 29 heavy (non-hydrogen) atoms. The largest absolute Gasteiger partial charge is 0.455 e. The number of hydrogen-bond donors (Lipinski definition) is 0. The first-order valence-corrected chi connectivity index (χ1v) is 10.7. The zero-order valence-corrected chi connectivity index (χ0v) is 17.5. The Labute approximate surface area is 170 Å². The Hall–Kier alpha value is -2.71. The average Bonchev–Trinajstić information content (AvgIpc) is 3.02. The maximum Gasteiger partial charge on any atom is 0.321 e. The number of carbonyl (C=O) groups excluding carboxylic acids is 2. The molecule has 0 aliphatic carbocycles. The summed E-state index contributed by atoms with van der Waals surface area (Å²) in [5.74, 6) is -1.11. The van der Waals surface area contributed by atoms with Gasteiger partial charge in [0.25, 0.3) is 5.91 Å². The molecule has 1 aliphatic heterocycles. The van der Waals surface area contributed by atoms with E-state index in [9.17, 15) is 18.0 Å². The molecule has 7 nitrogen and oxygen atoms in total. The van der Waals surface area contributed by atoms with Crippen molar-refractivity contribution < 1.29 is 22.7 Å². The van der Waals surface area contributed by atoms with E-state index < -0.39 is 29.1 Å². The van der Waals surface area contributed by atoms with Gasteiger partial charge in [0.15, 0.2) is 6.61 Å². The molecule has 0 N–H and O–H groups in total. The van der Waals surface area contributed by atoms with E-state index in [1.165, 1.54) is 19.2 Å². The molecule has 0 fully saturated rings. The minimum Gasteiger partial charge on any atom is -0.455 e. The van der Waals surface area contributed by atoms with Crippen LogP contribution in [0, 0.1) is 6.92 Å². The number of likely N-dealkylation sites (N-methyl/N-ethyl adjacent to an activating group) is 1. The second-order valence-corrected chi connectivity index (χ2v) is 9.23. The van der Waals surface area contributed by atoms with Crippen molar-refractivity contribution in [2.45, 2.75) is 31.2 Å². The average molecular weight is 416 g/mol. The van der Waals surface area contributed by atoms with E-state index in [0.717, 1.165) is 27.5 Å². The van der Waals surface area contributed by atoms with Gasteiger partial charge >= 0.3 is 5.97 Å². The second-order valence-electron chi connectivity index (χ2n) is 7.18. The molecule has 1 aliphatic rings. The lowest BCUT2D eigenvalue weighted by Crippen LogP contribution is -2.40. The van der Waals surface area contributed by atoms with Gasteiger partial charge in [-0.05, 0) is 44.0 Å². The molecule has 0 saturated heterocycles. The molecule has 154 valence electrons. The van der Waals surface area contributed by atoms with Crippen LogP contribution in [0.2, 0.25) is 0 Å². The van der Waals surface area contributed by atoms with Crippen LogP contribution in [0.1, 0.15) is 18.1 Å². The summed E-state index contributed by atoms with van der Waals surface area (Å²) in [7, 11) is -2.51. The molecule has 2 aromatic carbocycles. The third-order valence-electron chi connectivity index (χ3n) is 4.91. The summed E-state index contributed by atoms with van der Waals surface area (Å²) in [6.07, 6.45) is 0.743. The molecule has 0 aromatic heterocycles. The molecular formula is C21H24N2O5S. The third kappa shape index (κ3) is 4.49. The Morgan fingerprint density at radius 2 is 1.79 bits per heavy atom. The van der Waals surface area contributed by atoms with E-state index in [1.54, 1.807) is 17.0 Å². The van der Waals surface area contributed by atoms with Gasteiger partial charge < -0.3 is 9.64 Å². The van der Waals surface area contributed by atoms with Crippen molar-refractivity contribution in [2.24, 2.45) is 0 Å². The first-order valence-electron chi connectivity index (χ1n) is 9.28. The zero-order valence-electron chi connectivity index (χ0n) is 16.7. The molecule has 1 amide bonds. The molecule has 0 bridgehead atoms. The summed E-state index contributed by atoms with van der Waals surface area (Å²) < 4.78 is 31.1. The molecule has 0 spiro atoms. The summed E-state index contributed by atoms with van der Waals surface area (Å²) in [6, 6.07) is 13.9. The van der Waals surface area contributed by atoms with Crippen LogP contribution in [-0.2, 0) is 30.8 Å². The summed E-state index contributed by atoms with van der Waals surface area (Å²) in [5, 5.41) is 0. The summed E-state index contributed by atoms with van der Waals surface area (Å²) in [5.41, 5.74) is 2.82. The topological polar surface area (TPSA) is 84.0 Å². The number of amides is 1. The van der Waals surface area contributed by atoms with Crippen molar-refractivity contribution in [3.63, 3.8) is 0 Å². The summed E-state index contributed by atoms with van der Waals surface area (Å²) >= 11 is 0. The molecule has 0 radical (unpaired) electrons. The van der Waals surface area contributed by atoms with Crippen LogP contribution < -0.4 is 4.90 Å². The zero-order chi connectivity index (χ0) is 21.2. The molecule has 2 aromatic rings. The fourth-order valence-electron chi connectivity index (χ4n) is 3.36. The Morgan fingerprint density at radius 3 is 2.48 bits per heavy atom. The number of nitrogens with zero attached hydrogens (tertiary/aromatic N) is 2. The number of fused-ring (bicyclic) bond motifs is 1. The first kappa shape index (κ1) is 21.0. The fourth-order valence-corrected chi connectivity index (χ4v) is 4.48. The van der Waals surface area contributed by atoms with E-state index in [-0.39, 0.29) is 16.8 Å². The summed E-state index contributed by atoms with van der Waals surface area (Å²) in [4.78, 5) is 26.4. The molecule has 0 saturated carbocycles. The number of rotatable bonds is 6. The lowest BCUT2D eigenvalue weighted by atomic mass is 10.1. The molecule has 0 unspecified atom stereocenters. The SMILES string of the molecule is Cc1ccc(S(=O)(=O)N(C)CC(=O)OCC(=O)N2c3ccccc3C[C@@H]2C)cc1. The van der Waals surface area contributed by atoms with E-state index in [4.69, 9.17) is 4.74 Å². The monoisotopic (exact) mass is 416 g/mol. The number of hydrogen-bond acceptors (Lipinski definition) is 5. The second kappa shape index (κ2) is 8.34. The van der Waals surface area contributed by atoms with Crippen molar-refractivity contribution in [1.29, 1.82) is 0 Å². The molecule has 3 rings (SSSR count). The number of esters is 1. The van der Waals surface area contributed by atoms with Crippen LogP contribution >= 0.6 is 0 Å². The highest BCUT2D eigenvalue weighted by Crippen LogP contribution is 2.31. The number of aryl methyl sites for hydroxylation is 1. The minimum atomic E-state index is -3.82. The van der Waals surface area contributed by atoms with Crippen molar-refractivity contribution in [3.05, 3.63) is 59.7 Å². The van der Waals surface area contributed by atoms with Crippen LogP contribution in [0.3, 0.4) is 0 Å². The van der Waals surface area contributed by atoms with Gasteiger partial charge in [-0.25, -0.2) is 8.42 Å². The predicted octanol–water partition coefficient (Wildman–Crippen LogP) is 2.14. The number of carbonyl (C=O) groups is 2. The van der Waals surface area contributed by atoms with Crippen LogP contribution in [0.5, 0.6) is 0 Å². The number of anilines is 1. The van der Waals surface area contributed by atoms with E-state index in [1.807, 2.05) is 38.1 Å². The fraction of sp³-hybridized carbons (Fsp3) is 0.333. The quantitative estimate of drug-likeness (QED) is 0.674.